The number of rotatable bonds is 4. The maximum absolute atomic E-state index is 13.6. The first-order valence-corrected chi connectivity index (χ1v) is 9.92. The summed E-state index contributed by atoms with van der Waals surface area (Å²) in [5, 5.41) is 8.82. The molecule has 29 heavy (non-hydrogen) atoms. The summed E-state index contributed by atoms with van der Waals surface area (Å²) in [6.07, 6.45) is -4.75. The van der Waals surface area contributed by atoms with E-state index in [0.29, 0.717) is 5.56 Å². The number of primary sulfonamides is 1. The molecular formula is C19H18F3N3O3S. The number of halogens is 3. The van der Waals surface area contributed by atoms with Crippen molar-refractivity contribution in [3.05, 3.63) is 59.3 Å². The van der Waals surface area contributed by atoms with Crippen molar-refractivity contribution in [3.8, 4) is 22.7 Å². The van der Waals surface area contributed by atoms with Crippen molar-refractivity contribution in [1.82, 2.24) is 9.78 Å². The Morgan fingerprint density at radius 2 is 1.59 bits per heavy atom. The van der Waals surface area contributed by atoms with E-state index in [1.807, 2.05) is 19.9 Å². The van der Waals surface area contributed by atoms with Gasteiger partial charge in [-0.05, 0) is 50.2 Å². The number of aromatic nitrogens is 2. The van der Waals surface area contributed by atoms with Gasteiger partial charge in [0.1, 0.15) is 5.69 Å². The Labute approximate surface area is 165 Å². The van der Waals surface area contributed by atoms with Crippen LogP contribution in [0, 0.1) is 13.8 Å². The van der Waals surface area contributed by atoms with Gasteiger partial charge in [-0.3, -0.25) is 0 Å². The summed E-state index contributed by atoms with van der Waals surface area (Å²) < 4.78 is 69.9. The largest absolute Gasteiger partial charge is 0.492 e. The van der Waals surface area contributed by atoms with Gasteiger partial charge >= 0.3 is 6.18 Å². The van der Waals surface area contributed by atoms with Crippen LogP contribution in [0.5, 0.6) is 5.75 Å². The SMILES string of the molecule is COc1c(C(F)(F)F)nn(-c2ccc(S(N)(=O)=O)cc2)c1-c1cc(C)cc(C)c1. The zero-order valence-corrected chi connectivity index (χ0v) is 16.6. The first-order chi connectivity index (χ1) is 13.4. The van der Waals surface area contributed by atoms with Gasteiger partial charge in [-0.2, -0.15) is 18.3 Å². The van der Waals surface area contributed by atoms with Crippen molar-refractivity contribution in [3.63, 3.8) is 0 Å². The molecule has 2 aromatic carbocycles. The van der Waals surface area contributed by atoms with Gasteiger partial charge in [0.2, 0.25) is 15.7 Å². The van der Waals surface area contributed by atoms with E-state index in [-0.39, 0.29) is 16.3 Å². The van der Waals surface area contributed by atoms with Crippen molar-refractivity contribution in [2.45, 2.75) is 24.9 Å². The number of alkyl halides is 3. The van der Waals surface area contributed by atoms with E-state index in [1.54, 1.807) is 12.1 Å². The fourth-order valence-corrected chi connectivity index (χ4v) is 3.63. The fourth-order valence-electron chi connectivity index (χ4n) is 3.11. The molecule has 1 aromatic heterocycles. The standard InChI is InChI=1S/C19H18F3N3O3S/c1-11-8-12(2)10-13(9-11)16-17(28-3)18(19(20,21)22)24-25(16)14-4-6-15(7-5-14)29(23,26)27/h4-10H,1-3H3,(H2,23,26,27). The highest BCUT2D eigenvalue weighted by Gasteiger charge is 2.41. The van der Waals surface area contributed by atoms with Crippen molar-refractivity contribution in [2.24, 2.45) is 5.14 Å². The lowest BCUT2D eigenvalue weighted by Crippen LogP contribution is -2.12. The molecule has 0 aliphatic carbocycles. The minimum Gasteiger partial charge on any atom is -0.492 e. The van der Waals surface area contributed by atoms with Crippen LogP contribution in [-0.4, -0.2) is 25.3 Å². The van der Waals surface area contributed by atoms with Crippen LogP contribution in [0.15, 0.2) is 47.4 Å². The van der Waals surface area contributed by atoms with Crippen LogP contribution in [0.2, 0.25) is 0 Å². The molecule has 2 N–H and O–H groups in total. The maximum atomic E-state index is 13.6. The van der Waals surface area contributed by atoms with Crippen LogP contribution < -0.4 is 9.88 Å². The first kappa shape index (κ1) is 20.9. The number of hydrogen-bond acceptors (Lipinski definition) is 4. The van der Waals surface area contributed by atoms with Crippen LogP contribution in [0.25, 0.3) is 16.9 Å². The second kappa shape index (κ2) is 7.20. The predicted octanol–water partition coefficient (Wildman–Crippen LogP) is 3.83. The zero-order valence-electron chi connectivity index (χ0n) is 15.8. The number of ether oxygens (including phenoxy) is 1. The van der Waals surface area contributed by atoms with Crippen LogP contribution in [-0.2, 0) is 16.2 Å². The van der Waals surface area contributed by atoms with E-state index < -0.39 is 27.6 Å². The quantitative estimate of drug-likeness (QED) is 0.688. The van der Waals surface area contributed by atoms with E-state index in [1.165, 1.54) is 24.3 Å². The number of benzene rings is 2. The monoisotopic (exact) mass is 425 g/mol. The molecule has 0 amide bonds. The summed E-state index contributed by atoms with van der Waals surface area (Å²) >= 11 is 0. The molecule has 0 saturated carbocycles. The number of aryl methyl sites for hydroxylation is 2. The van der Waals surface area contributed by atoms with Crippen molar-refractivity contribution < 1.29 is 26.3 Å². The van der Waals surface area contributed by atoms with Crippen molar-refractivity contribution in [1.29, 1.82) is 0 Å². The molecule has 0 saturated heterocycles. The summed E-state index contributed by atoms with van der Waals surface area (Å²) in [6, 6.07) is 10.4. The van der Waals surface area contributed by atoms with Crippen LogP contribution >= 0.6 is 0 Å². The molecule has 6 nitrogen and oxygen atoms in total. The second-order valence-corrected chi connectivity index (χ2v) is 8.12. The molecule has 0 fully saturated rings. The van der Waals surface area contributed by atoms with Gasteiger partial charge in [0, 0.05) is 5.56 Å². The Morgan fingerprint density at radius 1 is 1.03 bits per heavy atom. The summed E-state index contributed by atoms with van der Waals surface area (Å²) in [5.41, 5.74) is 1.35. The number of hydrogen-bond donors (Lipinski definition) is 1. The lowest BCUT2D eigenvalue weighted by atomic mass is 10.0. The van der Waals surface area contributed by atoms with Gasteiger partial charge in [0.05, 0.1) is 17.7 Å². The van der Waals surface area contributed by atoms with E-state index in [9.17, 15) is 21.6 Å². The van der Waals surface area contributed by atoms with Gasteiger partial charge < -0.3 is 4.74 Å². The van der Waals surface area contributed by atoms with Crippen molar-refractivity contribution >= 4 is 10.0 Å². The van der Waals surface area contributed by atoms with Gasteiger partial charge in [-0.1, -0.05) is 17.2 Å². The molecule has 0 bridgehead atoms. The van der Waals surface area contributed by atoms with E-state index >= 15 is 0 Å². The highest BCUT2D eigenvalue weighted by Crippen LogP contribution is 2.43. The lowest BCUT2D eigenvalue weighted by molar-refractivity contribution is -0.142. The van der Waals surface area contributed by atoms with E-state index in [4.69, 9.17) is 9.88 Å². The Balaban J connectivity index is 2.32. The minimum atomic E-state index is -4.75. The molecule has 0 aliphatic heterocycles. The topological polar surface area (TPSA) is 87.2 Å². The van der Waals surface area contributed by atoms with Crippen LogP contribution in [0.4, 0.5) is 13.2 Å². The van der Waals surface area contributed by atoms with Gasteiger partial charge in [0.15, 0.2) is 5.75 Å². The predicted molar refractivity (Wildman–Crippen MR) is 101 cm³/mol. The molecular weight excluding hydrogens is 407 g/mol. The van der Waals surface area contributed by atoms with Gasteiger partial charge in [-0.15, -0.1) is 0 Å². The number of sulfonamides is 1. The average molecular weight is 425 g/mol. The Kier molecular flexibility index (Phi) is 5.18. The fraction of sp³-hybridized carbons (Fsp3) is 0.211. The van der Waals surface area contributed by atoms with E-state index in [0.717, 1.165) is 22.9 Å². The summed E-state index contributed by atoms with van der Waals surface area (Å²) in [7, 11) is -2.79. The highest BCUT2D eigenvalue weighted by atomic mass is 32.2. The van der Waals surface area contributed by atoms with Gasteiger partial charge in [-0.25, -0.2) is 18.2 Å². The maximum Gasteiger partial charge on any atom is 0.438 e. The molecule has 154 valence electrons. The van der Waals surface area contributed by atoms with Crippen molar-refractivity contribution in [2.75, 3.05) is 7.11 Å². The number of nitrogens with zero attached hydrogens (tertiary/aromatic N) is 2. The molecule has 0 unspecified atom stereocenters. The Hall–Kier alpha value is -2.85. The summed E-state index contributed by atoms with van der Waals surface area (Å²) in [5.74, 6) is -0.418. The lowest BCUT2D eigenvalue weighted by Gasteiger charge is -2.11. The Bertz CT molecular complexity index is 1150. The van der Waals surface area contributed by atoms with Crippen LogP contribution in [0.1, 0.15) is 16.8 Å². The summed E-state index contributed by atoms with van der Waals surface area (Å²) in [4.78, 5) is -0.163. The number of nitrogens with two attached hydrogens (primary N) is 1. The molecule has 3 aromatic rings. The third kappa shape index (κ3) is 4.13. The molecule has 0 spiro atoms. The normalized spacial score (nSPS) is 12.2. The molecule has 0 radical (unpaired) electrons. The van der Waals surface area contributed by atoms with E-state index in [2.05, 4.69) is 5.10 Å². The van der Waals surface area contributed by atoms with Crippen LogP contribution in [0.3, 0.4) is 0 Å². The third-order valence-corrected chi connectivity index (χ3v) is 5.15. The smallest absolute Gasteiger partial charge is 0.438 e. The summed E-state index contributed by atoms with van der Waals surface area (Å²) in [6.45, 7) is 3.66. The molecule has 1 heterocycles. The minimum absolute atomic E-state index is 0.106. The molecule has 3 rings (SSSR count). The zero-order chi connectivity index (χ0) is 21.6. The molecule has 0 aliphatic rings. The molecule has 0 atom stereocenters. The third-order valence-electron chi connectivity index (χ3n) is 4.22. The number of methoxy groups -OCH3 is 1. The first-order valence-electron chi connectivity index (χ1n) is 8.38. The Morgan fingerprint density at radius 3 is 2.03 bits per heavy atom. The average Bonchev–Trinajstić information content (AvgIpc) is 3.00. The second-order valence-electron chi connectivity index (χ2n) is 6.56. The van der Waals surface area contributed by atoms with Gasteiger partial charge in [0.25, 0.3) is 0 Å². The molecule has 10 heteroatoms. The highest BCUT2D eigenvalue weighted by molar-refractivity contribution is 7.89.